The number of hydrogen-bond acceptors (Lipinski definition) is 5. The largest absolute Gasteiger partial charge is 0.463 e. The van der Waals surface area contributed by atoms with E-state index in [1.807, 2.05) is 6.92 Å². The Kier molecular flexibility index (Phi) is 5.22. The summed E-state index contributed by atoms with van der Waals surface area (Å²) in [7, 11) is 1.29. The predicted molar refractivity (Wildman–Crippen MR) is 60.4 cm³/mol. The van der Waals surface area contributed by atoms with Gasteiger partial charge in [-0.05, 0) is 13.0 Å². The van der Waals surface area contributed by atoms with Crippen LogP contribution >= 0.6 is 0 Å². The number of carbonyl (C=O) groups is 2. The average Bonchev–Trinajstić information content (AvgIpc) is 2.77. The average molecular weight is 240 g/mol. The molecule has 0 saturated carbocycles. The Morgan fingerprint density at radius 3 is 2.88 bits per heavy atom. The van der Waals surface area contributed by atoms with E-state index in [0.29, 0.717) is 18.7 Å². The third-order valence-electron chi connectivity index (χ3n) is 2.09. The number of nitrogens with one attached hydrogen (secondary N) is 2. The van der Waals surface area contributed by atoms with E-state index in [2.05, 4.69) is 15.4 Å². The Balaban J connectivity index is 2.44. The molecule has 1 heterocycles. The Morgan fingerprint density at radius 1 is 1.47 bits per heavy atom. The van der Waals surface area contributed by atoms with Crippen LogP contribution in [-0.2, 0) is 16.1 Å². The number of carbonyl (C=O) groups excluding carboxylic acids is 2. The molecule has 0 atom stereocenters. The minimum Gasteiger partial charge on any atom is -0.463 e. The first-order chi connectivity index (χ1) is 8.19. The molecule has 0 aliphatic heterocycles. The number of esters is 1. The molecule has 0 spiro atoms. The molecular formula is C11H16N2O4. The first-order valence-corrected chi connectivity index (χ1v) is 5.31. The number of amides is 1. The Bertz CT molecular complexity index is 387. The fourth-order valence-corrected chi connectivity index (χ4v) is 1.32. The van der Waals surface area contributed by atoms with Gasteiger partial charge in [-0.1, -0.05) is 0 Å². The van der Waals surface area contributed by atoms with Gasteiger partial charge in [0.15, 0.2) is 0 Å². The van der Waals surface area contributed by atoms with Crippen molar-refractivity contribution in [2.45, 2.75) is 13.5 Å². The summed E-state index contributed by atoms with van der Waals surface area (Å²) in [6.07, 6.45) is 1.41. The van der Waals surface area contributed by atoms with E-state index in [0.717, 1.165) is 0 Å². The first kappa shape index (κ1) is 13.2. The van der Waals surface area contributed by atoms with Crippen LogP contribution in [0.4, 0.5) is 0 Å². The zero-order chi connectivity index (χ0) is 12.7. The summed E-state index contributed by atoms with van der Waals surface area (Å²) in [4.78, 5) is 22.4. The number of ether oxygens (including phenoxy) is 1. The lowest BCUT2D eigenvalue weighted by atomic mass is 10.2. The summed E-state index contributed by atoms with van der Waals surface area (Å²) in [5, 5.41) is 5.57. The molecule has 0 aliphatic rings. The van der Waals surface area contributed by atoms with Crippen molar-refractivity contribution in [3.8, 4) is 0 Å². The minimum absolute atomic E-state index is 0.0874. The highest BCUT2D eigenvalue weighted by atomic mass is 16.5. The smallest absolute Gasteiger partial charge is 0.374 e. The standard InChI is InChI=1S/C11H16N2O4/c1-3-13-9(14)7-12-6-8-4-5-17-10(8)11(15)16-2/h4-5,12H,3,6-7H2,1-2H3,(H,13,14). The molecule has 0 radical (unpaired) electrons. The maximum atomic E-state index is 11.3. The lowest BCUT2D eigenvalue weighted by Crippen LogP contribution is -2.33. The van der Waals surface area contributed by atoms with E-state index >= 15 is 0 Å². The molecule has 0 aromatic carbocycles. The van der Waals surface area contributed by atoms with Crippen molar-refractivity contribution in [3.05, 3.63) is 23.7 Å². The van der Waals surface area contributed by atoms with Crippen LogP contribution in [-0.4, -0.2) is 32.1 Å². The summed E-state index contributed by atoms with van der Waals surface area (Å²) in [5.41, 5.74) is 0.668. The van der Waals surface area contributed by atoms with E-state index in [-0.39, 0.29) is 18.2 Å². The third-order valence-corrected chi connectivity index (χ3v) is 2.09. The lowest BCUT2D eigenvalue weighted by Gasteiger charge is -2.04. The summed E-state index contributed by atoms with van der Waals surface area (Å²) < 4.78 is 9.57. The van der Waals surface area contributed by atoms with Crippen LogP contribution in [0.5, 0.6) is 0 Å². The van der Waals surface area contributed by atoms with E-state index < -0.39 is 5.97 Å². The van der Waals surface area contributed by atoms with Gasteiger partial charge in [-0.3, -0.25) is 4.79 Å². The zero-order valence-corrected chi connectivity index (χ0v) is 9.91. The SMILES string of the molecule is CCNC(=O)CNCc1ccoc1C(=O)OC. The van der Waals surface area contributed by atoms with Gasteiger partial charge in [0.25, 0.3) is 0 Å². The highest BCUT2D eigenvalue weighted by Crippen LogP contribution is 2.11. The van der Waals surface area contributed by atoms with Gasteiger partial charge in [0.2, 0.25) is 11.7 Å². The fraction of sp³-hybridized carbons (Fsp3) is 0.455. The molecule has 0 bridgehead atoms. The monoisotopic (exact) mass is 240 g/mol. The molecule has 1 rings (SSSR count). The Labute approximate surface area is 99.3 Å². The maximum absolute atomic E-state index is 11.3. The van der Waals surface area contributed by atoms with E-state index in [9.17, 15) is 9.59 Å². The van der Waals surface area contributed by atoms with Crippen molar-refractivity contribution in [1.29, 1.82) is 0 Å². The van der Waals surface area contributed by atoms with Gasteiger partial charge in [0.1, 0.15) is 0 Å². The van der Waals surface area contributed by atoms with Crippen LogP contribution in [0, 0.1) is 0 Å². The van der Waals surface area contributed by atoms with Gasteiger partial charge in [-0.15, -0.1) is 0 Å². The fourth-order valence-electron chi connectivity index (χ4n) is 1.32. The topological polar surface area (TPSA) is 80.6 Å². The highest BCUT2D eigenvalue weighted by molar-refractivity contribution is 5.87. The molecule has 0 unspecified atom stereocenters. The Hall–Kier alpha value is -1.82. The van der Waals surface area contributed by atoms with Crippen molar-refractivity contribution < 1.29 is 18.7 Å². The molecule has 0 saturated heterocycles. The van der Waals surface area contributed by atoms with Crippen molar-refractivity contribution in [3.63, 3.8) is 0 Å². The number of furan rings is 1. The number of likely N-dealkylation sites (N-methyl/N-ethyl adjacent to an activating group) is 1. The van der Waals surface area contributed by atoms with E-state index in [1.54, 1.807) is 6.07 Å². The van der Waals surface area contributed by atoms with Crippen molar-refractivity contribution in [2.75, 3.05) is 20.2 Å². The molecular weight excluding hydrogens is 224 g/mol. The van der Waals surface area contributed by atoms with Crippen LogP contribution in [0.15, 0.2) is 16.7 Å². The van der Waals surface area contributed by atoms with Crippen LogP contribution in [0.1, 0.15) is 23.0 Å². The second kappa shape index (κ2) is 6.70. The van der Waals surface area contributed by atoms with E-state index in [4.69, 9.17) is 4.42 Å². The molecule has 6 nitrogen and oxygen atoms in total. The first-order valence-electron chi connectivity index (χ1n) is 5.31. The van der Waals surface area contributed by atoms with Crippen LogP contribution in [0.2, 0.25) is 0 Å². The van der Waals surface area contributed by atoms with Crippen LogP contribution < -0.4 is 10.6 Å². The molecule has 2 N–H and O–H groups in total. The minimum atomic E-state index is -0.523. The summed E-state index contributed by atoms with van der Waals surface area (Å²) >= 11 is 0. The van der Waals surface area contributed by atoms with Crippen LogP contribution in [0.25, 0.3) is 0 Å². The normalized spacial score (nSPS) is 10.0. The van der Waals surface area contributed by atoms with Crippen LogP contribution in [0.3, 0.4) is 0 Å². The quantitative estimate of drug-likeness (QED) is 0.699. The summed E-state index contributed by atoms with van der Waals surface area (Å²) in [6, 6.07) is 1.66. The Morgan fingerprint density at radius 2 is 2.24 bits per heavy atom. The molecule has 6 heteroatoms. The zero-order valence-electron chi connectivity index (χ0n) is 9.91. The number of hydrogen-bond donors (Lipinski definition) is 2. The number of methoxy groups -OCH3 is 1. The highest BCUT2D eigenvalue weighted by Gasteiger charge is 2.15. The van der Waals surface area contributed by atoms with Crippen molar-refractivity contribution >= 4 is 11.9 Å². The summed E-state index contributed by atoms with van der Waals surface area (Å²) in [6.45, 7) is 3.01. The van der Waals surface area contributed by atoms with Gasteiger partial charge in [0, 0.05) is 18.7 Å². The second-order valence-electron chi connectivity index (χ2n) is 3.32. The molecule has 94 valence electrons. The molecule has 1 aromatic heterocycles. The van der Waals surface area contributed by atoms with E-state index in [1.165, 1.54) is 13.4 Å². The van der Waals surface area contributed by atoms with Gasteiger partial charge >= 0.3 is 5.97 Å². The lowest BCUT2D eigenvalue weighted by molar-refractivity contribution is -0.120. The van der Waals surface area contributed by atoms with Crippen molar-refractivity contribution in [1.82, 2.24) is 10.6 Å². The molecule has 1 aromatic rings. The molecule has 0 aliphatic carbocycles. The predicted octanol–water partition coefficient (Wildman–Crippen LogP) is 0.292. The van der Waals surface area contributed by atoms with Gasteiger partial charge in [0.05, 0.1) is 19.9 Å². The molecule has 1 amide bonds. The van der Waals surface area contributed by atoms with Gasteiger partial charge < -0.3 is 19.8 Å². The van der Waals surface area contributed by atoms with Crippen molar-refractivity contribution in [2.24, 2.45) is 0 Å². The maximum Gasteiger partial charge on any atom is 0.374 e. The number of rotatable bonds is 6. The molecule has 0 fully saturated rings. The summed E-state index contributed by atoms with van der Waals surface area (Å²) in [5.74, 6) is -0.448. The second-order valence-corrected chi connectivity index (χ2v) is 3.32. The van der Waals surface area contributed by atoms with Gasteiger partial charge in [-0.25, -0.2) is 4.79 Å². The third kappa shape index (κ3) is 3.92. The van der Waals surface area contributed by atoms with Gasteiger partial charge in [-0.2, -0.15) is 0 Å². The molecule has 17 heavy (non-hydrogen) atoms.